The first-order valence-electron chi connectivity index (χ1n) is 9.73. The van der Waals surface area contributed by atoms with Crippen molar-refractivity contribution in [2.24, 2.45) is 0 Å². The first-order valence-corrected chi connectivity index (χ1v) is 9.73. The summed E-state index contributed by atoms with van der Waals surface area (Å²) >= 11 is 0. The van der Waals surface area contributed by atoms with Gasteiger partial charge in [-0.05, 0) is 69.5 Å². The molecule has 0 radical (unpaired) electrons. The van der Waals surface area contributed by atoms with Crippen molar-refractivity contribution in [2.75, 3.05) is 11.5 Å². The summed E-state index contributed by atoms with van der Waals surface area (Å²) in [5, 5.41) is 1.09. The van der Waals surface area contributed by atoms with E-state index in [-0.39, 0.29) is 11.9 Å². The molecule has 0 N–H and O–H groups in total. The van der Waals surface area contributed by atoms with E-state index in [4.69, 9.17) is 4.74 Å². The second-order valence-electron chi connectivity index (χ2n) is 7.19. The van der Waals surface area contributed by atoms with Crippen molar-refractivity contribution in [3.63, 3.8) is 0 Å². The van der Waals surface area contributed by atoms with Gasteiger partial charge >= 0.3 is 0 Å². The summed E-state index contributed by atoms with van der Waals surface area (Å²) in [6.07, 6.45) is 0.905. The number of hydrogen-bond acceptors (Lipinski definition) is 2. The Labute approximate surface area is 160 Å². The highest BCUT2D eigenvalue weighted by atomic mass is 16.5. The van der Waals surface area contributed by atoms with Gasteiger partial charge in [-0.2, -0.15) is 0 Å². The fourth-order valence-electron chi connectivity index (χ4n) is 4.35. The van der Waals surface area contributed by atoms with Crippen LogP contribution in [0, 0.1) is 6.92 Å². The molecule has 1 amide bonds. The molecule has 1 aromatic heterocycles. The number of anilines is 1. The molecule has 0 fully saturated rings. The van der Waals surface area contributed by atoms with Crippen molar-refractivity contribution < 1.29 is 9.53 Å². The Morgan fingerprint density at radius 1 is 1.19 bits per heavy atom. The molecule has 0 saturated heterocycles. The van der Waals surface area contributed by atoms with Crippen LogP contribution in [0.5, 0.6) is 5.75 Å². The number of rotatable bonds is 4. The van der Waals surface area contributed by atoms with Crippen LogP contribution in [0.1, 0.15) is 42.4 Å². The van der Waals surface area contributed by atoms with Gasteiger partial charge in [0.25, 0.3) is 5.91 Å². The Morgan fingerprint density at radius 3 is 2.70 bits per heavy atom. The van der Waals surface area contributed by atoms with Crippen LogP contribution in [0.2, 0.25) is 0 Å². The van der Waals surface area contributed by atoms with E-state index in [2.05, 4.69) is 42.7 Å². The quantitative estimate of drug-likeness (QED) is 0.657. The van der Waals surface area contributed by atoms with Crippen molar-refractivity contribution in [1.29, 1.82) is 0 Å². The Morgan fingerprint density at radius 2 is 1.96 bits per heavy atom. The van der Waals surface area contributed by atoms with Crippen LogP contribution in [0.3, 0.4) is 0 Å². The minimum Gasteiger partial charge on any atom is -0.494 e. The largest absolute Gasteiger partial charge is 0.494 e. The lowest BCUT2D eigenvalue weighted by Gasteiger charge is -2.24. The number of hydrogen-bond donors (Lipinski definition) is 0. The van der Waals surface area contributed by atoms with Gasteiger partial charge in [0.1, 0.15) is 11.4 Å². The average Bonchev–Trinajstić information content (AvgIpc) is 3.15. The summed E-state index contributed by atoms with van der Waals surface area (Å²) in [7, 11) is 0. The molecule has 1 aliphatic heterocycles. The Bertz CT molecular complexity index is 1020. The number of ether oxygens (including phenoxy) is 1. The van der Waals surface area contributed by atoms with Crippen LogP contribution in [-0.4, -0.2) is 23.1 Å². The lowest BCUT2D eigenvalue weighted by atomic mass is 10.1. The molecule has 140 valence electrons. The van der Waals surface area contributed by atoms with Gasteiger partial charge in [-0.25, -0.2) is 0 Å². The molecule has 2 heterocycles. The first kappa shape index (κ1) is 17.7. The van der Waals surface area contributed by atoms with E-state index < -0.39 is 0 Å². The number of aromatic nitrogens is 1. The maximum atomic E-state index is 13.7. The van der Waals surface area contributed by atoms with Gasteiger partial charge in [0, 0.05) is 29.2 Å². The van der Waals surface area contributed by atoms with Crippen molar-refractivity contribution in [3.05, 3.63) is 59.3 Å². The Kier molecular flexibility index (Phi) is 4.42. The van der Waals surface area contributed by atoms with E-state index in [0.29, 0.717) is 6.61 Å². The van der Waals surface area contributed by atoms with Gasteiger partial charge in [0.15, 0.2) is 0 Å². The molecule has 2 aromatic carbocycles. The summed E-state index contributed by atoms with van der Waals surface area (Å²) in [6, 6.07) is 14.5. The van der Waals surface area contributed by atoms with E-state index in [1.165, 1.54) is 5.56 Å². The Balaban J connectivity index is 1.86. The van der Waals surface area contributed by atoms with Crippen molar-refractivity contribution in [2.45, 2.75) is 46.7 Å². The molecule has 27 heavy (non-hydrogen) atoms. The second-order valence-corrected chi connectivity index (χ2v) is 7.19. The Hall–Kier alpha value is -2.75. The number of carbonyl (C=O) groups is 1. The van der Waals surface area contributed by atoms with Gasteiger partial charge in [-0.1, -0.05) is 18.2 Å². The van der Waals surface area contributed by atoms with Crippen LogP contribution in [0.25, 0.3) is 10.9 Å². The SMILES string of the molecule is CCOc1ccc2c(c1)c(C)c(C(=O)N1c3ccccc3CC1C)n2CC. The van der Waals surface area contributed by atoms with E-state index in [1.54, 1.807) is 0 Å². The second kappa shape index (κ2) is 6.76. The van der Waals surface area contributed by atoms with Crippen LogP contribution in [-0.2, 0) is 13.0 Å². The normalized spacial score (nSPS) is 16.0. The molecule has 4 rings (SSSR count). The van der Waals surface area contributed by atoms with E-state index in [9.17, 15) is 4.79 Å². The summed E-state index contributed by atoms with van der Waals surface area (Å²) < 4.78 is 7.81. The molecule has 4 heteroatoms. The number of para-hydroxylation sites is 1. The third kappa shape index (κ3) is 2.71. The maximum absolute atomic E-state index is 13.7. The topological polar surface area (TPSA) is 34.5 Å². The molecule has 0 bridgehead atoms. The summed E-state index contributed by atoms with van der Waals surface area (Å²) in [6.45, 7) is 9.63. The highest BCUT2D eigenvalue weighted by Gasteiger charge is 2.34. The van der Waals surface area contributed by atoms with Crippen molar-refractivity contribution in [3.8, 4) is 5.75 Å². The van der Waals surface area contributed by atoms with E-state index in [1.807, 2.05) is 36.9 Å². The van der Waals surface area contributed by atoms with Gasteiger partial charge in [-0.15, -0.1) is 0 Å². The fraction of sp³-hybridized carbons (Fsp3) is 0.348. The van der Waals surface area contributed by atoms with Crippen molar-refractivity contribution in [1.82, 2.24) is 4.57 Å². The molecule has 4 nitrogen and oxygen atoms in total. The number of amides is 1. The zero-order chi connectivity index (χ0) is 19.1. The summed E-state index contributed by atoms with van der Waals surface area (Å²) in [5.41, 5.74) is 5.17. The molecule has 0 saturated carbocycles. The zero-order valence-corrected chi connectivity index (χ0v) is 16.5. The highest BCUT2D eigenvalue weighted by molar-refractivity contribution is 6.11. The average molecular weight is 362 g/mol. The van der Waals surface area contributed by atoms with E-state index in [0.717, 1.165) is 46.6 Å². The number of benzene rings is 2. The highest BCUT2D eigenvalue weighted by Crippen LogP contribution is 2.36. The van der Waals surface area contributed by atoms with Crippen LogP contribution >= 0.6 is 0 Å². The number of carbonyl (C=O) groups excluding carboxylic acids is 1. The molecule has 1 unspecified atom stereocenters. The lowest BCUT2D eigenvalue weighted by Crippen LogP contribution is -2.37. The zero-order valence-electron chi connectivity index (χ0n) is 16.5. The molecular formula is C23H26N2O2. The van der Waals surface area contributed by atoms with Crippen LogP contribution < -0.4 is 9.64 Å². The fourth-order valence-corrected chi connectivity index (χ4v) is 4.35. The molecule has 1 atom stereocenters. The predicted octanol–water partition coefficient (Wildman–Crippen LogP) is 4.96. The monoisotopic (exact) mass is 362 g/mol. The predicted molar refractivity (Wildman–Crippen MR) is 110 cm³/mol. The minimum absolute atomic E-state index is 0.0842. The molecule has 1 aliphatic rings. The van der Waals surface area contributed by atoms with Gasteiger partial charge in [-0.3, -0.25) is 4.79 Å². The standard InChI is InChI=1S/C23H26N2O2/c1-5-24-21-12-11-18(27-6-2)14-19(21)16(4)22(24)23(26)25-15(3)13-17-9-7-8-10-20(17)25/h7-12,14-15H,5-6,13H2,1-4H3. The summed E-state index contributed by atoms with van der Waals surface area (Å²) in [4.78, 5) is 15.6. The number of fused-ring (bicyclic) bond motifs is 2. The summed E-state index contributed by atoms with van der Waals surface area (Å²) in [5.74, 6) is 0.932. The van der Waals surface area contributed by atoms with E-state index >= 15 is 0 Å². The number of aryl methyl sites for hydroxylation is 2. The van der Waals surface area contributed by atoms with Gasteiger partial charge in [0.05, 0.1) is 6.61 Å². The lowest BCUT2D eigenvalue weighted by molar-refractivity contribution is 0.0972. The molecule has 0 spiro atoms. The maximum Gasteiger partial charge on any atom is 0.275 e. The third-order valence-electron chi connectivity index (χ3n) is 5.54. The molecule has 0 aliphatic carbocycles. The van der Waals surface area contributed by atoms with Gasteiger partial charge < -0.3 is 14.2 Å². The van der Waals surface area contributed by atoms with Crippen LogP contribution in [0.15, 0.2) is 42.5 Å². The smallest absolute Gasteiger partial charge is 0.275 e. The minimum atomic E-state index is 0.0842. The third-order valence-corrected chi connectivity index (χ3v) is 5.54. The first-order chi connectivity index (χ1) is 13.1. The van der Waals surface area contributed by atoms with Gasteiger partial charge in [0.2, 0.25) is 0 Å². The van der Waals surface area contributed by atoms with Crippen LogP contribution in [0.4, 0.5) is 5.69 Å². The molecular weight excluding hydrogens is 336 g/mol. The molecule has 3 aromatic rings. The van der Waals surface area contributed by atoms with Crippen molar-refractivity contribution >= 4 is 22.5 Å². The number of nitrogens with zero attached hydrogens (tertiary/aromatic N) is 2.